The van der Waals surface area contributed by atoms with Crippen LogP contribution in [-0.2, 0) is 9.53 Å². The van der Waals surface area contributed by atoms with Gasteiger partial charge in [-0.3, -0.25) is 4.79 Å². The molecule has 3 rings (SSSR count). The van der Waals surface area contributed by atoms with Gasteiger partial charge in [0.05, 0.1) is 12.5 Å². The number of carbonyl (C=O) groups excluding carboxylic acids is 1. The van der Waals surface area contributed by atoms with E-state index in [0.29, 0.717) is 18.6 Å². The summed E-state index contributed by atoms with van der Waals surface area (Å²) in [7, 11) is 0. The topological polar surface area (TPSA) is 38.3 Å². The molecule has 2 aromatic rings. The predicted octanol–water partition coefficient (Wildman–Crippen LogP) is 4.92. The van der Waals surface area contributed by atoms with E-state index in [4.69, 9.17) is 4.74 Å². The predicted molar refractivity (Wildman–Crippen MR) is 110 cm³/mol. The van der Waals surface area contributed by atoms with Crippen LogP contribution >= 0.6 is 0 Å². The van der Waals surface area contributed by atoms with Gasteiger partial charge in [-0.1, -0.05) is 60.7 Å². The summed E-state index contributed by atoms with van der Waals surface area (Å²) in [5.41, 5.74) is 2.74. The van der Waals surface area contributed by atoms with Crippen LogP contribution in [0.25, 0.3) is 0 Å². The monoisotopic (exact) mass is 365 g/mol. The quantitative estimate of drug-likeness (QED) is 0.675. The molecule has 144 valence electrons. The Morgan fingerprint density at radius 2 is 1.52 bits per heavy atom. The van der Waals surface area contributed by atoms with E-state index < -0.39 is 0 Å². The van der Waals surface area contributed by atoms with Crippen LogP contribution in [-0.4, -0.2) is 25.2 Å². The Morgan fingerprint density at radius 3 is 2.04 bits per heavy atom. The van der Waals surface area contributed by atoms with Crippen molar-refractivity contribution in [1.29, 1.82) is 0 Å². The molecule has 27 heavy (non-hydrogen) atoms. The van der Waals surface area contributed by atoms with Crippen molar-refractivity contribution in [2.45, 2.75) is 51.0 Å². The summed E-state index contributed by atoms with van der Waals surface area (Å²) in [6, 6.07) is 22.0. The third-order valence-electron chi connectivity index (χ3n) is 5.62. The van der Waals surface area contributed by atoms with E-state index >= 15 is 0 Å². The number of hydrogen-bond donors (Lipinski definition) is 1. The molecule has 0 heterocycles. The van der Waals surface area contributed by atoms with Gasteiger partial charge in [0.1, 0.15) is 0 Å². The Labute approximate surface area is 163 Å². The van der Waals surface area contributed by atoms with E-state index in [-0.39, 0.29) is 11.9 Å². The van der Waals surface area contributed by atoms with Crippen LogP contribution in [0.5, 0.6) is 0 Å². The van der Waals surface area contributed by atoms with Crippen LogP contribution in [0.4, 0.5) is 0 Å². The number of nitrogens with one attached hydrogen (secondary N) is 1. The van der Waals surface area contributed by atoms with Gasteiger partial charge in [-0.2, -0.15) is 0 Å². The van der Waals surface area contributed by atoms with Gasteiger partial charge in [0.2, 0.25) is 0 Å². The molecule has 0 atom stereocenters. The van der Waals surface area contributed by atoms with Gasteiger partial charge < -0.3 is 10.1 Å². The molecule has 1 fully saturated rings. The molecule has 0 amide bonds. The van der Waals surface area contributed by atoms with Crippen LogP contribution in [0.3, 0.4) is 0 Å². The van der Waals surface area contributed by atoms with Gasteiger partial charge in [-0.15, -0.1) is 0 Å². The summed E-state index contributed by atoms with van der Waals surface area (Å²) < 4.78 is 5.17. The lowest BCUT2D eigenvalue weighted by Crippen LogP contribution is -2.36. The second-order valence-electron chi connectivity index (χ2n) is 7.42. The third kappa shape index (κ3) is 5.67. The zero-order chi connectivity index (χ0) is 18.9. The van der Waals surface area contributed by atoms with Crippen LogP contribution in [0.2, 0.25) is 0 Å². The van der Waals surface area contributed by atoms with Crippen molar-refractivity contribution in [1.82, 2.24) is 5.32 Å². The number of hydrogen-bond acceptors (Lipinski definition) is 3. The molecule has 0 aromatic heterocycles. The molecular formula is C24H31NO2. The second kappa shape index (κ2) is 10.3. The zero-order valence-corrected chi connectivity index (χ0v) is 16.3. The van der Waals surface area contributed by atoms with E-state index in [1.807, 2.05) is 6.92 Å². The molecule has 0 spiro atoms. The highest BCUT2D eigenvalue weighted by Crippen LogP contribution is 2.29. The minimum atomic E-state index is -0.0100. The van der Waals surface area contributed by atoms with Crippen molar-refractivity contribution >= 4 is 5.97 Å². The van der Waals surface area contributed by atoms with Crippen LogP contribution in [0.1, 0.15) is 56.1 Å². The SMILES string of the molecule is CCOC(=O)C1CCC(NCCC(c2ccccc2)c2ccccc2)CC1. The minimum absolute atomic E-state index is 0.0100. The largest absolute Gasteiger partial charge is 0.466 e. The van der Waals surface area contributed by atoms with Crippen molar-refractivity contribution in [2.75, 3.05) is 13.2 Å². The molecule has 2 aromatic carbocycles. The number of ether oxygens (including phenoxy) is 1. The normalized spacial score (nSPS) is 19.8. The maximum atomic E-state index is 11.9. The average Bonchev–Trinajstić information content (AvgIpc) is 2.73. The van der Waals surface area contributed by atoms with Crippen LogP contribution in [0.15, 0.2) is 60.7 Å². The first-order chi connectivity index (χ1) is 13.3. The summed E-state index contributed by atoms with van der Waals surface area (Å²) >= 11 is 0. The van der Waals surface area contributed by atoms with Crippen LogP contribution in [0, 0.1) is 5.92 Å². The van der Waals surface area contributed by atoms with E-state index in [2.05, 4.69) is 66.0 Å². The van der Waals surface area contributed by atoms with E-state index in [9.17, 15) is 4.79 Å². The maximum absolute atomic E-state index is 11.9. The third-order valence-corrected chi connectivity index (χ3v) is 5.62. The average molecular weight is 366 g/mol. The second-order valence-corrected chi connectivity index (χ2v) is 7.42. The molecule has 1 aliphatic rings. The highest BCUT2D eigenvalue weighted by Gasteiger charge is 2.27. The van der Waals surface area contributed by atoms with E-state index in [0.717, 1.165) is 38.6 Å². The molecule has 0 saturated heterocycles. The smallest absolute Gasteiger partial charge is 0.308 e. The molecule has 1 saturated carbocycles. The Morgan fingerprint density at radius 1 is 0.963 bits per heavy atom. The Balaban J connectivity index is 1.51. The fourth-order valence-electron chi connectivity index (χ4n) is 4.12. The molecule has 0 aliphatic heterocycles. The lowest BCUT2D eigenvalue weighted by Gasteiger charge is -2.28. The van der Waals surface area contributed by atoms with Gasteiger partial charge >= 0.3 is 5.97 Å². The van der Waals surface area contributed by atoms with Gasteiger partial charge in [-0.25, -0.2) is 0 Å². The summed E-state index contributed by atoms with van der Waals surface area (Å²) in [4.78, 5) is 11.9. The van der Waals surface area contributed by atoms with Gasteiger partial charge in [0.25, 0.3) is 0 Å². The molecule has 1 aliphatic carbocycles. The Bertz CT molecular complexity index is 639. The van der Waals surface area contributed by atoms with E-state index in [1.165, 1.54) is 11.1 Å². The van der Waals surface area contributed by atoms with E-state index in [1.54, 1.807) is 0 Å². The molecule has 3 heteroatoms. The molecular weight excluding hydrogens is 334 g/mol. The van der Waals surface area contributed by atoms with Crippen molar-refractivity contribution in [3.05, 3.63) is 71.8 Å². The first-order valence-corrected chi connectivity index (χ1v) is 10.3. The first-order valence-electron chi connectivity index (χ1n) is 10.3. The lowest BCUT2D eigenvalue weighted by molar-refractivity contribution is -0.149. The van der Waals surface area contributed by atoms with Crippen molar-refractivity contribution in [3.8, 4) is 0 Å². The summed E-state index contributed by atoms with van der Waals surface area (Å²) in [6.45, 7) is 3.35. The highest BCUT2D eigenvalue weighted by molar-refractivity contribution is 5.72. The zero-order valence-electron chi connectivity index (χ0n) is 16.3. The molecule has 0 bridgehead atoms. The maximum Gasteiger partial charge on any atom is 0.308 e. The summed E-state index contributed by atoms with van der Waals surface area (Å²) in [5.74, 6) is 0.504. The Kier molecular flexibility index (Phi) is 7.46. The van der Waals surface area contributed by atoms with Crippen molar-refractivity contribution in [3.63, 3.8) is 0 Å². The number of esters is 1. The van der Waals surface area contributed by atoms with Crippen LogP contribution < -0.4 is 5.32 Å². The molecule has 0 unspecified atom stereocenters. The summed E-state index contributed by atoms with van der Waals surface area (Å²) in [5, 5.41) is 3.73. The van der Waals surface area contributed by atoms with Crippen molar-refractivity contribution < 1.29 is 9.53 Å². The molecule has 1 N–H and O–H groups in total. The standard InChI is InChI=1S/C24H31NO2/c1-2-27-24(26)21-13-15-22(16-14-21)25-18-17-23(19-9-5-3-6-10-19)20-11-7-4-8-12-20/h3-12,21-23,25H,2,13-18H2,1H3. The number of carbonyl (C=O) groups is 1. The van der Waals surface area contributed by atoms with Crippen molar-refractivity contribution in [2.24, 2.45) is 5.92 Å². The molecule has 0 radical (unpaired) electrons. The molecule has 3 nitrogen and oxygen atoms in total. The van der Waals surface area contributed by atoms with Gasteiger partial charge in [0.15, 0.2) is 0 Å². The Hall–Kier alpha value is -2.13. The van der Waals surface area contributed by atoms with Gasteiger partial charge in [-0.05, 0) is 56.7 Å². The lowest BCUT2D eigenvalue weighted by atomic mass is 9.85. The first kappa shape index (κ1) is 19.6. The van der Waals surface area contributed by atoms with Gasteiger partial charge in [0, 0.05) is 12.0 Å². The minimum Gasteiger partial charge on any atom is -0.466 e. The fourth-order valence-corrected chi connectivity index (χ4v) is 4.12. The fraction of sp³-hybridized carbons (Fsp3) is 0.458. The summed E-state index contributed by atoms with van der Waals surface area (Å²) in [6.07, 6.45) is 5.08. The number of benzene rings is 2. The highest BCUT2D eigenvalue weighted by atomic mass is 16.5. The number of rotatable bonds is 8.